The van der Waals surface area contributed by atoms with E-state index < -0.39 is 0 Å². The Kier molecular flexibility index (Phi) is 5.52. The Morgan fingerprint density at radius 3 is 2.52 bits per heavy atom. The molecule has 0 unspecified atom stereocenters. The van der Waals surface area contributed by atoms with Crippen LogP contribution < -0.4 is 10.2 Å². The Morgan fingerprint density at radius 2 is 1.86 bits per heavy atom. The zero-order chi connectivity index (χ0) is 14.9. The lowest BCUT2D eigenvalue weighted by molar-refractivity contribution is 0.0955. The molecule has 0 aromatic heterocycles. The van der Waals surface area contributed by atoms with Gasteiger partial charge in [-0.1, -0.05) is 37.3 Å². The summed E-state index contributed by atoms with van der Waals surface area (Å²) < 4.78 is 5.47. The van der Waals surface area contributed by atoms with Gasteiger partial charge in [-0.25, -0.2) is 5.43 Å². The Bertz CT molecular complexity index is 592. The van der Waals surface area contributed by atoms with E-state index in [9.17, 15) is 4.79 Å². The van der Waals surface area contributed by atoms with Gasteiger partial charge in [-0.3, -0.25) is 4.79 Å². The van der Waals surface area contributed by atoms with Gasteiger partial charge < -0.3 is 4.74 Å². The average Bonchev–Trinajstić information content (AvgIpc) is 2.54. The Balaban J connectivity index is 1.90. The molecule has 0 atom stereocenters. The number of nitrogens with one attached hydrogen (secondary N) is 1. The lowest BCUT2D eigenvalue weighted by Gasteiger charge is -2.05. The lowest BCUT2D eigenvalue weighted by atomic mass is 10.2. The predicted octanol–water partition coefficient (Wildman–Crippen LogP) is 3.24. The number of benzene rings is 2. The van der Waals surface area contributed by atoms with E-state index in [0.717, 1.165) is 17.7 Å². The van der Waals surface area contributed by atoms with E-state index in [1.54, 1.807) is 30.5 Å². The van der Waals surface area contributed by atoms with Crippen LogP contribution in [0.15, 0.2) is 59.7 Å². The molecule has 1 N–H and O–H groups in total. The minimum atomic E-state index is -0.246. The van der Waals surface area contributed by atoms with E-state index >= 15 is 0 Å². The highest BCUT2D eigenvalue weighted by Gasteiger charge is 2.04. The molecule has 0 fully saturated rings. The summed E-state index contributed by atoms with van der Waals surface area (Å²) >= 11 is 0. The average molecular weight is 282 g/mol. The van der Waals surface area contributed by atoms with Crippen molar-refractivity contribution in [2.75, 3.05) is 6.61 Å². The van der Waals surface area contributed by atoms with Crippen molar-refractivity contribution in [2.45, 2.75) is 13.3 Å². The summed E-state index contributed by atoms with van der Waals surface area (Å²) in [6.45, 7) is 2.72. The van der Waals surface area contributed by atoms with Gasteiger partial charge in [0.15, 0.2) is 0 Å². The number of hydrogen-bond donors (Lipinski definition) is 1. The van der Waals surface area contributed by atoms with Crippen LogP contribution in [0.2, 0.25) is 0 Å². The van der Waals surface area contributed by atoms with E-state index in [-0.39, 0.29) is 5.91 Å². The molecule has 0 aliphatic rings. The zero-order valence-electron chi connectivity index (χ0n) is 12.0. The summed E-state index contributed by atoms with van der Waals surface area (Å²) in [7, 11) is 0. The van der Waals surface area contributed by atoms with Crippen LogP contribution in [-0.4, -0.2) is 18.7 Å². The molecule has 108 valence electrons. The van der Waals surface area contributed by atoms with Crippen molar-refractivity contribution in [3.05, 3.63) is 65.7 Å². The Morgan fingerprint density at radius 1 is 1.14 bits per heavy atom. The Labute approximate surface area is 124 Å². The Hall–Kier alpha value is -2.62. The molecule has 0 aliphatic carbocycles. The largest absolute Gasteiger partial charge is 0.494 e. The minimum Gasteiger partial charge on any atom is -0.494 e. The number of ether oxygens (including phenoxy) is 1. The maximum atomic E-state index is 11.9. The van der Waals surface area contributed by atoms with E-state index in [2.05, 4.69) is 10.5 Å². The topological polar surface area (TPSA) is 50.7 Å². The van der Waals surface area contributed by atoms with Crippen molar-refractivity contribution in [1.82, 2.24) is 5.43 Å². The van der Waals surface area contributed by atoms with Crippen molar-refractivity contribution in [1.29, 1.82) is 0 Å². The van der Waals surface area contributed by atoms with Crippen LogP contribution in [-0.2, 0) is 0 Å². The van der Waals surface area contributed by atoms with Crippen LogP contribution in [0.3, 0.4) is 0 Å². The normalized spacial score (nSPS) is 10.5. The zero-order valence-corrected chi connectivity index (χ0v) is 12.0. The van der Waals surface area contributed by atoms with Gasteiger partial charge in [0.2, 0.25) is 0 Å². The number of amides is 1. The highest BCUT2D eigenvalue weighted by atomic mass is 16.5. The van der Waals surface area contributed by atoms with E-state index in [1.807, 2.05) is 37.3 Å². The number of rotatable bonds is 6. The third-order valence-electron chi connectivity index (χ3n) is 2.77. The van der Waals surface area contributed by atoms with Gasteiger partial charge >= 0.3 is 0 Å². The molecule has 0 aliphatic heterocycles. The fourth-order valence-electron chi connectivity index (χ4n) is 1.69. The molecule has 0 saturated carbocycles. The maximum absolute atomic E-state index is 11.9. The van der Waals surface area contributed by atoms with Gasteiger partial charge in [-0.2, -0.15) is 5.10 Å². The van der Waals surface area contributed by atoms with E-state index in [4.69, 9.17) is 4.74 Å². The van der Waals surface area contributed by atoms with Crippen LogP contribution in [0.5, 0.6) is 5.75 Å². The van der Waals surface area contributed by atoms with Crippen molar-refractivity contribution in [3.8, 4) is 5.75 Å². The highest BCUT2D eigenvalue weighted by molar-refractivity contribution is 5.94. The molecule has 4 nitrogen and oxygen atoms in total. The van der Waals surface area contributed by atoms with Gasteiger partial charge in [0.1, 0.15) is 5.75 Å². The number of hydrazone groups is 1. The molecule has 0 radical (unpaired) electrons. The lowest BCUT2D eigenvalue weighted by Crippen LogP contribution is -2.17. The third-order valence-corrected chi connectivity index (χ3v) is 2.77. The van der Waals surface area contributed by atoms with Gasteiger partial charge in [0, 0.05) is 5.56 Å². The molecule has 2 rings (SSSR count). The number of hydrogen-bond acceptors (Lipinski definition) is 3. The van der Waals surface area contributed by atoms with Gasteiger partial charge in [-0.15, -0.1) is 0 Å². The minimum absolute atomic E-state index is 0.246. The molecular weight excluding hydrogens is 264 g/mol. The van der Waals surface area contributed by atoms with Crippen molar-refractivity contribution < 1.29 is 9.53 Å². The summed E-state index contributed by atoms with van der Waals surface area (Å²) in [6.07, 6.45) is 2.56. The molecule has 0 heterocycles. The summed E-state index contributed by atoms with van der Waals surface area (Å²) in [5.41, 5.74) is 3.98. The van der Waals surface area contributed by atoms with Crippen molar-refractivity contribution in [2.24, 2.45) is 5.10 Å². The first kappa shape index (κ1) is 14.8. The van der Waals surface area contributed by atoms with E-state index in [0.29, 0.717) is 12.2 Å². The first-order chi connectivity index (χ1) is 10.3. The maximum Gasteiger partial charge on any atom is 0.271 e. The molecule has 2 aromatic carbocycles. The van der Waals surface area contributed by atoms with Crippen LogP contribution in [0.25, 0.3) is 0 Å². The van der Waals surface area contributed by atoms with Gasteiger partial charge in [0.25, 0.3) is 5.91 Å². The predicted molar refractivity (Wildman–Crippen MR) is 83.7 cm³/mol. The number of carbonyl (C=O) groups excluding carboxylic acids is 1. The summed E-state index contributed by atoms with van der Waals surface area (Å²) in [5, 5.41) is 3.93. The molecule has 21 heavy (non-hydrogen) atoms. The first-order valence-corrected chi connectivity index (χ1v) is 6.91. The van der Waals surface area contributed by atoms with Crippen LogP contribution >= 0.6 is 0 Å². The second-order valence-corrected chi connectivity index (χ2v) is 4.48. The van der Waals surface area contributed by atoms with Gasteiger partial charge in [-0.05, 0) is 36.2 Å². The summed E-state index contributed by atoms with van der Waals surface area (Å²) in [6, 6.07) is 16.6. The second-order valence-electron chi connectivity index (χ2n) is 4.48. The SMILES string of the molecule is CCCOc1ccc(C(=O)N/N=C/c2ccccc2)cc1. The molecule has 0 saturated heterocycles. The van der Waals surface area contributed by atoms with Gasteiger partial charge in [0.05, 0.1) is 12.8 Å². The molecule has 1 amide bonds. The molecular formula is C17H18N2O2. The summed E-state index contributed by atoms with van der Waals surface area (Å²) in [5.74, 6) is 0.519. The monoisotopic (exact) mass is 282 g/mol. The van der Waals surface area contributed by atoms with E-state index in [1.165, 1.54) is 0 Å². The van der Waals surface area contributed by atoms with Crippen molar-refractivity contribution in [3.63, 3.8) is 0 Å². The summed E-state index contributed by atoms with van der Waals surface area (Å²) in [4.78, 5) is 11.9. The van der Waals surface area contributed by atoms with Crippen molar-refractivity contribution >= 4 is 12.1 Å². The number of carbonyl (C=O) groups is 1. The van der Waals surface area contributed by atoms with Crippen LogP contribution in [0, 0.1) is 0 Å². The fourth-order valence-corrected chi connectivity index (χ4v) is 1.69. The second kappa shape index (κ2) is 7.85. The van der Waals surface area contributed by atoms with Crippen LogP contribution in [0.4, 0.5) is 0 Å². The number of nitrogens with zero attached hydrogens (tertiary/aromatic N) is 1. The standard InChI is InChI=1S/C17H18N2O2/c1-2-12-21-16-10-8-15(9-11-16)17(20)19-18-13-14-6-4-3-5-7-14/h3-11,13H,2,12H2,1H3,(H,19,20)/b18-13+. The molecule has 4 heteroatoms. The smallest absolute Gasteiger partial charge is 0.271 e. The molecule has 0 spiro atoms. The van der Waals surface area contributed by atoms with Crippen LogP contribution in [0.1, 0.15) is 29.3 Å². The molecule has 0 bridgehead atoms. The fraction of sp³-hybridized carbons (Fsp3) is 0.176. The molecule has 2 aromatic rings. The first-order valence-electron chi connectivity index (χ1n) is 6.91. The quantitative estimate of drug-likeness (QED) is 0.653. The third kappa shape index (κ3) is 4.76. The highest BCUT2D eigenvalue weighted by Crippen LogP contribution is 2.12.